The molecule has 0 aliphatic heterocycles. The number of ether oxygens (including phenoxy) is 1. The van der Waals surface area contributed by atoms with Crippen molar-refractivity contribution in [3.63, 3.8) is 0 Å². The van der Waals surface area contributed by atoms with Crippen molar-refractivity contribution in [1.29, 1.82) is 0 Å². The molecule has 1 aromatic carbocycles. The molecule has 7 nitrogen and oxygen atoms in total. The number of aliphatic hydroxyl groups excluding tert-OH is 1. The summed E-state index contributed by atoms with van der Waals surface area (Å²) in [6.07, 6.45) is 3.05. The van der Waals surface area contributed by atoms with Crippen molar-refractivity contribution in [3.05, 3.63) is 36.2 Å². The summed E-state index contributed by atoms with van der Waals surface area (Å²) in [6.45, 7) is 2.25. The highest BCUT2D eigenvalue weighted by molar-refractivity contribution is 7.92. The van der Waals surface area contributed by atoms with Crippen LogP contribution in [0.2, 0.25) is 0 Å². The highest BCUT2D eigenvalue weighted by atomic mass is 32.2. The lowest BCUT2D eigenvalue weighted by Crippen LogP contribution is -2.13. The van der Waals surface area contributed by atoms with Gasteiger partial charge in [-0.2, -0.15) is 5.10 Å². The maximum atomic E-state index is 12.3. The van der Waals surface area contributed by atoms with Crippen LogP contribution in [-0.4, -0.2) is 30.4 Å². The van der Waals surface area contributed by atoms with Gasteiger partial charge in [0.15, 0.2) is 0 Å². The molecule has 0 unspecified atom stereocenters. The molecule has 21 heavy (non-hydrogen) atoms. The topological polar surface area (TPSA) is 93.5 Å². The second kappa shape index (κ2) is 6.15. The van der Waals surface area contributed by atoms with Crippen LogP contribution in [0.15, 0.2) is 35.5 Å². The number of aromatic nitrogens is 2. The Balaban J connectivity index is 2.30. The van der Waals surface area contributed by atoms with Gasteiger partial charge in [-0.05, 0) is 25.1 Å². The van der Waals surface area contributed by atoms with Gasteiger partial charge >= 0.3 is 0 Å². The predicted octanol–water partition coefficient (Wildman–Crippen LogP) is 1.20. The summed E-state index contributed by atoms with van der Waals surface area (Å²) >= 11 is 0. The van der Waals surface area contributed by atoms with Crippen molar-refractivity contribution in [1.82, 2.24) is 9.78 Å². The molecule has 2 aromatic rings. The minimum absolute atomic E-state index is 0.0524. The lowest BCUT2D eigenvalue weighted by atomic mass is 10.2. The Hall–Kier alpha value is -2.06. The van der Waals surface area contributed by atoms with Crippen LogP contribution < -0.4 is 9.46 Å². The van der Waals surface area contributed by atoms with Crippen molar-refractivity contribution in [3.8, 4) is 5.75 Å². The minimum Gasteiger partial charge on any atom is -0.496 e. The first-order valence-electron chi connectivity index (χ1n) is 6.33. The minimum atomic E-state index is -3.74. The van der Waals surface area contributed by atoms with Gasteiger partial charge in [-0.15, -0.1) is 0 Å². The Labute approximate surface area is 123 Å². The van der Waals surface area contributed by atoms with Gasteiger partial charge < -0.3 is 9.84 Å². The highest BCUT2D eigenvalue weighted by Gasteiger charge is 2.17. The van der Waals surface area contributed by atoms with Crippen LogP contribution in [0.25, 0.3) is 0 Å². The van der Waals surface area contributed by atoms with Gasteiger partial charge in [-0.25, -0.2) is 8.42 Å². The summed E-state index contributed by atoms with van der Waals surface area (Å²) in [5.41, 5.74) is 0.794. The molecule has 0 atom stereocenters. The fourth-order valence-electron chi connectivity index (χ4n) is 1.85. The molecule has 0 amide bonds. The van der Waals surface area contributed by atoms with Crippen molar-refractivity contribution < 1.29 is 18.3 Å². The molecular formula is C13H17N3O4S. The molecule has 1 aromatic heterocycles. The van der Waals surface area contributed by atoms with Gasteiger partial charge in [-0.1, -0.05) is 0 Å². The van der Waals surface area contributed by atoms with Gasteiger partial charge in [0.1, 0.15) is 5.75 Å². The lowest BCUT2D eigenvalue weighted by Gasteiger charge is -2.10. The van der Waals surface area contributed by atoms with E-state index in [0.717, 1.165) is 0 Å². The van der Waals surface area contributed by atoms with E-state index in [1.807, 2.05) is 6.92 Å². The fourth-order valence-corrected chi connectivity index (χ4v) is 2.93. The summed E-state index contributed by atoms with van der Waals surface area (Å²) in [4.78, 5) is 0.0524. The molecule has 0 spiro atoms. The van der Waals surface area contributed by atoms with Crippen molar-refractivity contribution in [2.45, 2.75) is 25.0 Å². The largest absolute Gasteiger partial charge is 0.496 e. The van der Waals surface area contributed by atoms with E-state index in [9.17, 15) is 13.5 Å². The van der Waals surface area contributed by atoms with Gasteiger partial charge in [0, 0.05) is 18.3 Å². The van der Waals surface area contributed by atoms with Crippen molar-refractivity contribution >= 4 is 15.7 Å². The number of anilines is 1. The van der Waals surface area contributed by atoms with E-state index < -0.39 is 10.0 Å². The Morgan fingerprint density at radius 2 is 2.19 bits per heavy atom. The average molecular weight is 311 g/mol. The summed E-state index contributed by atoms with van der Waals surface area (Å²) < 4.78 is 33.7. The predicted molar refractivity (Wildman–Crippen MR) is 77.6 cm³/mol. The molecule has 0 saturated carbocycles. The van der Waals surface area contributed by atoms with E-state index in [2.05, 4.69) is 9.82 Å². The molecule has 8 heteroatoms. The lowest BCUT2D eigenvalue weighted by molar-refractivity contribution is 0.273. The third-order valence-corrected chi connectivity index (χ3v) is 4.32. The standard InChI is InChI=1S/C13H17N3O4S/c1-3-16-8-11(7-14-16)15-21(18,19)12-4-5-13(20-2)10(6-12)9-17/h4-8,15,17H,3,9H2,1-2H3. The highest BCUT2D eigenvalue weighted by Crippen LogP contribution is 2.23. The monoisotopic (exact) mass is 311 g/mol. The normalized spacial score (nSPS) is 11.4. The molecule has 2 rings (SSSR count). The van der Waals surface area contributed by atoms with E-state index >= 15 is 0 Å². The third kappa shape index (κ3) is 3.34. The second-order valence-corrected chi connectivity index (χ2v) is 6.00. The first-order valence-corrected chi connectivity index (χ1v) is 7.81. The van der Waals surface area contributed by atoms with E-state index in [4.69, 9.17) is 4.74 Å². The molecule has 0 radical (unpaired) electrons. The molecule has 0 bridgehead atoms. The van der Waals surface area contributed by atoms with Gasteiger partial charge in [0.2, 0.25) is 0 Å². The van der Waals surface area contributed by atoms with Crippen LogP contribution in [0.1, 0.15) is 12.5 Å². The average Bonchev–Trinajstić information content (AvgIpc) is 2.93. The smallest absolute Gasteiger partial charge is 0.262 e. The summed E-state index contributed by atoms with van der Waals surface area (Å²) in [6, 6.07) is 4.31. The van der Waals surface area contributed by atoms with Crippen LogP contribution in [0, 0.1) is 0 Å². The number of rotatable bonds is 6. The Morgan fingerprint density at radius 3 is 2.76 bits per heavy atom. The summed E-state index contributed by atoms with van der Waals surface area (Å²) in [7, 11) is -2.28. The first-order chi connectivity index (χ1) is 10.00. The number of aryl methyl sites for hydroxylation is 1. The van der Waals surface area contributed by atoms with Crippen molar-refractivity contribution in [2.75, 3.05) is 11.8 Å². The summed E-state index contributed by atoms with van der Waals surface area (Å²) in [5, 5.41) is 13.3. The van der Waals surface area contributed by atoms with Crippen LogP contribution >= 0.6 is 0 Å². The Bertz CT molecular complexity index is 725. The van der Waals surface area contributed by atoms with Crippen LogP contribution in [0.5, 0.6) is 5.75 Å². The molecule has 0 aliphatic rings. The second-order valence-electron chi connectivity index (χ2n) is 4.32. The molecular weight excluding hydrogens is 294 g/mol. The van der Waals surface area contributed by atoms with Gasteiger partial charge in [0.25, 0.3) is 10.0 Å². The van der Waals surface area contributed by atoms with Gasteiger partial charge in [-0.3, -0.25) is 9.40 Å². The Kier molecular flexibility index (Phi) is 4.49. The summed E-state index contributed by atoms with van der Waals surface area (Å²) in [5.74, 6) is 0.440. The number of nitrogens with one attached hydrogen (secondary N) is 1. The molecule has 0 saturated heterocycles. The van der Waals surface area contributed by atoms with E-state index in [1.54, 1.807) is 10.9 Å². The molecule has 2 N–H and O–H groups in total. The zero-order valence-electron chi connectivity index (χ0n) is 11.8. The third-order valence-electron chi connectivity index (χ3n) is 2.94. The number of methoxy groups -OCH3 is 1. The molecule has 1 heterocycles. The van der Waals surface area contributed by atoms with Crippen molar-refractivity contribution in [2.24, 2.45) is 0 Å². The maximum Gasteiger partial charge on any atom is 0.262 e. The first kappa shape index (κ1) is 15.3. The van der Waals surface area contributed by atoms with E-state index in [0.29, 0.717) is 23.5 Å². The number of sulfonamides is 1. The Morgan fingerprint density at radius 1 is 1.43 bits per heavy atom. The number of aliphatic hydroxyl groups is 1. The number of hydrogen-bond acceptors (Lipinski definition) is 5. The molecule has 114 valence electrons. The fraction of sp³-hybridized carbons (Fsp3) is 0.308. The van der Waals surface area contributed by atoms with E-state index in [1.165, 1.54) is 31.5 Å². The van der Waals surface area contributed by atoms with Crippen LogP contribution in [0.3, 0.4) is 0 Å². The van der Waals surface area contributed by atoms with E-state index in [-0.39, 0.29) is 11.5 Å². The van der Waals surface area contributed by atoms with Crippen LogP contribution in [-0.2, 0) is 23.2 Å². The zero-order chi connectivity index (χ0) is 15.5. The maximum absolute atomic E-state index is 12.3. The van der Waals surface area contributed by atoms with Gasteiger partial charge in [0.05, 0.1) is 30.5 Å². The zero-order valence-corrected chi connectivity index (χ0v) is 12.6. The SMILES string of the molecule is CCn1cc(NS(=O)(=O)c2ccc(OC)c(CO)c2)cn1. The number of hydrogen-bond donors (Lipinski definition) is 2. The quantitative estimate of drug-likeness (QED) is 0.836. The molecule has 0 aliphatic carbocycles. The number of benzene rings is 1. The molecule has 0 fully saturated rings. The van der Waals surface area contributed by atoms with Crippen LogP contribution in [0.4, 0.5) is 5.69 Å². The number of nitrogens with zero attached hydrogens (tertiary/aromatic N) is 2.